The zero-order valence-electron chi connectivity index (χ0n) is 14.2. The van der Waals surface area contributed by atoms with Gasteiger partial charge in [0.1, 0.15) is 0 Å². The molecule has 1 atom stereocenters. The van der Waals surface area contributed by atoms with Gasteiger partial charge in [-0.15, -0.1) is 0 Å². The molecule has 0 saturated heterocycles. The highest BCUT2D eigenvalue weighted by Crippen LogP contribution is 2.23. The second kappa shape index (κ2) is 6.05. The molecular formula is C19H19N5O. The topological polar surface area (TPSA) is 68.0 Å². The predicted octanol–water partition coefficient (Wildman–Crippen LogP) is 3.00. The summed E-state index contributed by atoms with van der Waals surface area (Å²) < 4.78 is 3.36. The normalized spacial score (nSPS) is 12.6. The second-order valence-electron chi connectivity index (χ2n) is 6.34. The van der Waals surface area contributed by atoms with Crippen molar-refractivity contribution in [3.8, 4) is 11.1 Å². The summed E-state index contributed by atoms with van der Waals surface area (Å²) in [4.78, 5) is 17.2. The Morgan fingerprint density at radius 1 is 1.24 bits per heavy atom. The van der Waals surface area contributed by atoms with Crippen molar-refractivity contribution in [3.05, 3.63) is 76.6 Å². The van der Waals surface area contributed by atoms with Crippen LogP contribution in [-0.4, -0.2) is 24.4 Å². The number of hydrogen-bond donors (Lipinski definition) is 1. The molecule has 0 saturated carbocycles. The maximum atomic E-state index is 12.4. The fraction of sp³-hybridized carbons (Fsp3) is 0.211. The lowest BCUT2D eigenvalue weighted by Crippen LogP contribution is -2.17. The Bertz CT molecular complexity index is 1060. The zero-order valence-corrected chi connectivity index (χ0v) is 14.2. The number of aromatic nitrogens is 5. The summed E-state index contributed by atoms with van der Waals surface area (Å²) in [5.74, 6) is 0. The molecule has 1 N–H and O–H groups in total. The van der Waals surface area contributed by atoms with Crippen molar-refractivity contribution in [1.82, 2.24) is 24.4 Å². The Hall–Kier alpha value is -3.15. The van der Waals surface area contributed by atoms with Crippen LogP contribution in [0.25, 0.3) is 16.8 Å². The van der Waals surface area contributed by atoms with E-state index < -0.39 is 0 Å². The van der Waals surface area contributed by atoms with Gasteiger partial charge in [0.15, 0.2) is 5.65 Å². The molecule has 6 heteroatoms. The molecule has 4 aromatic rings. The standard InChI is InChI=1S/C19H19N5O/c1-13-4-6-15(7-5-13)17-12-21-24-18(25)11-16(22-19(17)24)10-14(2)23-9-3-8-20-23/h3-9,11-12,14,21H,10H2,1-2H3/t14-/m0/s1. The van der Waals surface area contributed by atoms with Crippen molar-refractivity contribution in [3.63, 3.8) is 0 Å². The number of rotatable bonds is 4. The minimum atomic E-state index is -0.106. The van der Waals surface area contributed by atoms with E-state index in [2.05, 4.69) is 36.2 Å². The van der Waals surface area contributed by atoms with Crippen molar-refractivity contribution in [2.75, 3.05) is 0 Å². The number of hydrogen-bond acceptors (Lipinski definition) is 3. The Morgan fingerprint density at radius 3 is 2.76 bits per heavy atom. The highest BCUT2D eigenvalue weighted by molar-refractivity contribution is 5.77. The van der Waals surface area contributed by atoms with Gasteiger partial charge in [-0.05, 0) is 25.5 Å². The quantitative estimate of drug-likeness (QED) is 0.624. The molecule has 1 aromatic carbocycles. The van der Waals surface area contributed by atoms with Crippen LogP contribution in [0.3, 0.4) is 0 Å². The molecule has 3 heterocycles. The van der Waals surface area contributed by atoms with Gasteiger partial charge < -0.3 is 0 Å². The molecule has 0 aliphatic heterocycles. The third-order valence-electron chi connectivity index (χ3n) is 4.39. The number of aromatic amines is 1. The maximum Gasteiger partial charge on any atom is 0.272 e. The first-order chi connectivity index (χ1) is 12.1. The molecule has 25 heavy (non-hydrogen) atoms. The molecule has 4 rings (SSSR count). The van der Waals surface area contributed by atoms with Crippen LogP contribution in [0, 0.1) is 6.92 Å². The van der Waals surface area contributed by atoms with Gasteiger partial charge in [-0.1, -0.05) is 29.8 Å². The van der Waals surface area contributed by atoms with E-state index in [1.807, 2.05) is 35.3 Å². The van der Waals surface area contributed by atoms with Crippen molar-refractivity contribution >= 4 is 5.65 Å². The fourth-order valence-corrected chi connectivity index (χ4v) is 3.02. The SMILES string of the molecule is Cc1ccc(-c2c[nH]n3c(=O)cc(C[C@H](C)n4cccn4)nc23)cc1. The van der Waals surface area contributed by atoms with E-state index in [0.717, 1.165) is 16.8 Å². The van der Waals surface area contributed by atoms with Crippen molar-refractivity contribution < 1.29 is 0 Å². The molecular weight excluding hydrogens is 314 g/mol. The maximum absolute atomic E-state index is 12.4. The number of fused-ring (bicyclic) bond motifs is 1. The number of aryl methyl sites for hydroxylation is 1. The van der Waals surface area contributed by atoms with E-state index in [1.165, 1.54) is 10.1 Å². The van der Waals surface area contributed by atoms with Gasteiger partial charge in [-0.25, -0.2) is 9.50 Å². The minimum Gasteiger partial charge on any atom is -0.296 e. The van der Waals surface area contributed by atoms with E-state index in [9.17, 15) is 4.79 Å². The number of H-pyrrole nitrogens is 1. The van der Waals surface area contributed by atoms with Gasteiger partial charge in [0, 0.05) is 36.6 Å². The molecule has 0 spiro atoms. The lowest BCUT2D eigenvalue weighted by atomic mass is 10.1. The number of nitrogens with zero attached hydrogens (tertiary/aromatic N) is 4. The zero-order chi connectivity index (χ0) is 17.4. The van der Waals surface area contributed by atoms with E-state index in [4.69, 9.17) is 4.98 Å². The Labute approximate surface area is 144 Å². The molecule has 0 amide bonds. The van der Waals surface area contributed by atoms with Crippen molar-refractivity contribution in [2.24, 2.45) is 0 Å². The summed E-state index contributed by atoms with van der Waals surface area (Å²) in [7, 11) is 0. The average Bonchev–Trinajstić information content (AvgIpc) is 3.25. The third-order valence-corrected chi connectivity index (χ3v) is 4.39. The summed E-state index contributed by atoms with van der Waals surface area (Å²) in [5.41, 5.74) is 4.47. The number of nitrogens with one attached hydrogen (secondary N) is 1. The van der Waals surface area contributed by atoms with Gasteiger partial charge in [0.25, 0.3) is 5.56 Å². The summed E-state index contributed by atoms with van der Waals surface area (Å²) in [6, 6.07) is 11.8. The first-order valence-corrected chi connectivity index (χ1v) is 8.28. The van der Waals surface area contributed by atoms with E-state index in [0.29, 0.717) is 12.1 Å². The molecule has 3 aromatic heterocycles. The molecule has 0 aliphatic rings. The number of benzene rings is 1. The van der Waals surface area contributed by atoms with Gasteiger partial charge in [-0.2, -0.15) is 5.10 Å². The Kier molecular flexibility index (Phi) is 3.72. The average molecular weight is 333 g/mol. The molecule has 0 fully saturated rings. The van der Waals surface area contributed by atoms with Crippen molar-refractivity contribution in [1.29, 1.82) is 0 Å². The summed E-state index contributed by atoms with van der Waals surface area (Å²) in [5, 5.41) is 7.26. The van der Waals surface area contributed by atoms with Crippen LogP contribution in [0.15, 0.2) is 59.8 Å². The highest BCUT2D eigenvalue weighted by atomic mass is 16.1. The first-order valence-electron chi connectivity index (χ1n) is 8.28. The van der Waals surface area contributed by atoms with Gasteiger partial charge in [0.05, 0.1) is 11.7 Å². The fourth-order valence-electron chi connectivity index (χ4n) is 3.02. The molecule has 6 nitrogen and oxygen atoms in total. The second-order valence-corrected chi connectivity index (χ2v) is 6.34. The van der Waals surface area contributed by atoms with Gasteiger partial charge in [0.2, 0.25) is 0 Å². The van der Waals surface area contributed by atoms with Crippen LogP contribution >= 0.6 is 0 Å². The van der Waals surface area contributed by atoms with Crippen LogP contribution in [0.5, 0.6) is 0 Å². The highest BCUT2D eigenvalue weighted by Gasteiger charge is 2.13. The summed E-state index contributed by atoms with van der Waals surface area (Å²) in [6.07, 6.45) is 6.15. The van der Waals surface area contributed by atoms with E-state index >= 15 is 0 Å². The smallest absolute Gasteiger partial charge is 0.272 e. The molecule has 0 aliphatic carbocycles. The van der Waals surface area contributed by atoms with E-state index in [-0.39, 0.29) is 11.6 Å². The van der Waals surface area contributed by atoms with Gasteiger partial charge in [-0.3, -0.25) is 14.6 Å². The third kappa shape index (κ3) is 2.87. The monoisotopic (exact) mass is 333 g/mol. The van der Waals surface area contributed by atoms with Crippen LogP contribution in [-0.2, 0) is 6.42 Å². The summed E-state index contributed by atoms with van der Waals surface area (Å²) in [6.45, 7) is 4.12. The molecule has 126 valence electrons. The molecule has 0 unspecified atom stereocenters. The van der Waals surface area contributed by atoms with Crippen LogP contribution in [0.2, 0.25) is 0 Å². The molecule has 0 bridgehead atoms. The Balaban J connectivity index is 1.76. The first kappa shape index (κ1) is 15.4. The van der Waals surface area contributed by atoms with Crippen LogP contribution < -0.4 is 5.56 Å². The molecule has 0 radical (unpaired) electrons. The van der Waals surface area contributed by atoms with Crippen molar-refractivity contribution in [2.45, 2.75) is 26.3 Å². The van der Waals surface area contributed by atoms with Crippen LogP contribution in [0.4, 0.5) is 0 Å². The predicted molar refractivity (Wildman–Crippen MR) is 96.6 cm³/mol. The van der Waals surface area contributed by atoms with E-state index in [1.54, 1.807) is 12.3 Å². The lowest BCUT2D eigenvalue weighted by Gasteiger charge is -2.11. The summed E-state index contributed by atoms with van der Waals surface area (Å²) >= 11 is 0. The lowest BCUT2D eigenvalue weighted by molar-refractivity contribution is 0.484. The largest absolute Gasteiger partial charge is 0.296 e. The van der Waals surface area contributed by atoms with Gasteiger partial charge >= 0.3 is 0 Å². The Morgan fingerprint density at radius 2 is 2.04 bits per heavy atom. The van der Waals surface area contributed by atoms with Crippen LogP contribution in [0.1, 0.15) is 24.2 Å². The minimum absolute atomic E-state index is 0.106.